The molecule has 0 aromatic heterocycles. The Balaban J connectivity index is 3.57. The summed E-state index contributed by atoms with van der Waals surface area (Å²) in [6.07, 6.45) is 2.77. The second kappa shape index (κ2) is 7.36. The van der Waals surface area contributed by atoms with Crippen molar-refractivity contribution in [1.82, 2.24) is 4.90 Å². The van der Waals surface area contributed by atoms with Gasteiger partial charge in [-0.3, -0.25) is 4.79 Å². The Hall–Kier alpha value is -0.0500. The molecule has 0 unspecified atom stereocenters. The van der Waals surface area contributed by atoms with Crippen LogP contribution in [0.15, 0.2) is 0 Å². The van der Waals surface area contributed by atoms with Crippen LogP contribution in [-0.4, -0.2) is 29.7 Å². The molecule has 0 fully saturated rings. The predicted octanol–water partition coefficient (Wildman–Crippen LogP) is 2.67. The molecule has 0 aliphatic rings. The SMILES string of the molecule is CC(C)CN(C)C(=O)CCCCBr. The molecule has 0 saturated carbocycles. The van der Waals surface area contributed by atoms with E-state index in [1.165, 1.54) is 0 Å². The van der Waals surface area contributed by atoms with Crippen LogP contribution in [-0.2, 0) is 4.79 Å². The van der Waals surface area contributed by atoms with Crippen molar-refractivity contribution >= 4 is 21.8 Å². The summed E-state index contributed by atoms with van der Waals surface area (Å²) in [6.45, 7) is 5.12. The summed E-state index contributed by atoms with van der Waals surface area (Å²) in [5, 5.41) is 0.994. The zero-order valence-electron chi connectivity index (χ0n) is 8.85. The Morgan fingerprint density at radius 3 is 2.46 bits per heavy atom. The average Bonchev–Trinajstić information content (AvgIpc) is 2.03. The van der Waals surface area contributed by atoms with Gasteiger partial charge in [-0.15, -0.1) is 0 Å². The second-order valence-electron chi connectivity index (χ2n) is 3.81. The molecule has 0 bridgehead atoms. The van der Waals surface area contributed by atoms with Crippen LogP contribution in [0, 0.1) is 5.92 Å². The number of halogens is 1. The largest absolute Gasteiger partial charge is 0.346 e. The Bertz CT molecular complexity index is 148. The van der Waals surface area contributed by atoms with Gasteiger partial charge in [0, 0.05) is 25.3 Å². The van der Waals surface area contributed by atoms with Crippen LogP contribution in [0.3, 0.4) is 0 Å². The molecular weight excluding hydrogens is 230 g/mol. The lowest BCUT2D eigenvalue weighted by molar-refractivity contribution is -0.130. The van der Waals surface area contributed by atoms with Gasteiger partial charge in [0.1, 0.15) is 0 Å². The predicted molar refractivity (Wildman–Crippen MR) is 60.1 cm³/mol. The number of hydrogen-bond acceptors (Lipinski definition) is 1. The molecule has 3 heteroatoms. The first-order chi connectivity index (χ1) is 6.07. The molecule has 13 heavy (non-hydrogen) atoms. The van der Waals surface area contributed by atoms with Crippen molar-refractivity contribution in [2.24, 2.45) is 5.92 Å². The van der Waals surface area contributed by atoms with Crippen molar-refractivity contribution in [2.75, 3.05) is 18.9 Å². The van der Waals surface area contributed by atoms with Gasteiger partial charge in [0.05, 0.1) is 0 Å². The van der Waals surface area contributed by atoms with Crippen LogP contribution < -0.4 is 0 Å². The Kier molecular flexibility index (Phi) is 7.33. The zero-order chi connectivity index (χ0) is 10.3. The number of rotatable bonds is 6. The number of hydrogen-bond donors (Lipinski definition) is 0. The molecule has 0 aromatic rings. The molecule has 0 spiro atoms. The van der Waals surface area contributed by atoms with Gasteiger partial charge in [-0.1, -0.05) is 29.8 Å². The monoisotopic (exact) mass is 249 g/mol. The maximum atomic E-state index is 11.5. The van der Waals surface area contributed by atoms with Crippen molar-refractivity contribution in [3.8, 4) is 0 Å². The fourth-order valence-corrected chi connectivity index (χ4v) is 1.61. The van der Waals surface area contributed by atoms with Crippen LogP contribution in [0.5, 0.6) is 0 Å². The highest BCUT2D eigenvalue weighted by atomic mass is 79.9. The van der Waals surface area contributed by atoms with Gasteiger partial charge >= 0.3 is 0 Å². The fraction of sp³-hybridized carbons (Fsp3) is 0.900. The molecule has 0 N–H and O–H groups in total. The molecule has 0 aromatic carbocycles. The lowest BCUT2D eigenvalue weighted by Crippen LogP contribution is -2.29. The lowest BCUT2D eigenvalue weighted by atomic mass is 10.2. The van der Waals surface area contributed by atoms with Gasteiger partial charge in [0.15, 0.2) is 0 Å². The first kappa shape index (κ1) is 12.9. The molecule has 0 aliphatic carbocycles. The van der Waals surface area contributed by atoms with Crippen LogP contribution >= 0.6 is 15.9 Å². The van der Waals surface area contributed by atoms with E-state index in [-0.39, 0.29) is 5.91 Å². The van der Waals surface area contributed by atoms with E-state index in [1.807, 2.05) is 11.9 Å². The summed E-state index contributed by atoms with van der Waals surface area (Å²) < 4.78 is 0. The molecule has 1 amide bonds. The van der Waals surface area contributed by atoms with Gasteiger partial charge in [-0.2, -0.15) is 0 Å². The molecule has 0 aliphatic heterocycles. The van der Waals surface area contributed by atoms with Crippen molar-refractivity contribution in [3.63, 3.8) is 0 Å². The minimum absolute atomic E-state index is 0.273. The minimum atomic E-state index is 0.273. The van der Waals surface area contributed by atoms with Crippen LogP contribution in [0.4, 0.5) is 0 Å². The van der Waals surface area contributed by atoms with Gasteiger partial charge in [0.2, 0.25) is 5.91 Å². The van der Waals surface area contributed by atoms with Gasteiger partial charge in [-0.25, -0.2) is 0 Å². The maximum Gasteiger partial charge on any atom is 0.222 e. The Morgan fingerprint density at radius 2 is 2.00 bits per heavy atom. The Morgan fingerprint density at radius 1 is 1.38 bits per heavy atom. The molecule has 0 heterocycles. The van der Waals surface area contributed by atoms with E-state index in [0.29, 0.717) is 12.3 Å². The first-order valence-electron chi connectivity index (χ1n) is 4.87. The quantitative estimate of drug-likeness (QED) is 0.524. The molecule has 0 atom stereocenters. The van der Waals surface area contributed by atoms with Gasteiger partial charge in [0.25, 0.3) is 0 Å². The normalized spacial score (nSPS) is 10.5. The highest BCUT2D eigenvalue weighted by molar-refractivity contribution is 9.09. The van der Waals surface area contributed by atoms with E-state index in [0.717, 1.165) is 24.7 Å². The fourth-order valence-electron chi connectivity index (χ4n) is 1.21. The van der Waals surface area contributed by atoms with E-state index in [1.54, 1.807) is 0 Å². The topological polar surface area (TPSA) is 20.3 Å². The number of alkyl halides is 1. The summed E-state index contributed by atoms with van der Waals surface area (Å²) in [6, 6.07) is 0. The van der Waals surface area contributed by atoms with E-state index < -0.39 is 0 Å². The highest BCUT2D eigenvalue weighted by Gasteiger charge is 2.08. The van der Waals surface area contributed by atoms with Crippen molar-refractivity contribution < 1.29 is 4.79 Å². The van der Waals surface area contributed by atoms with Crippen LogP contribution in [0.2, 0.25) is 0 Å². The number of carbonyl (C=O) groups excluding carboxylic acids is 1. The first-order valence-corrected chi connectivity index (χ1v) is 6.00. The smallest absolute Gasteiger partial charge is 0.222 e. The third-order valence-corrected chi connectivity index (χ3v) is 2.40. The van der Waals surface area contributed by atoms with Gasteiger partial charge in [-0.05, 0) is 18.8 Å². The van der Waals surface area contributed by atoms with E-state index in [9.17, 15) is 4.79 Å². The summed E-state index contributed by atoms with van der Waals surface area (Å²) in [4.78, 5) is 13.3. The maximum absolute atomic E-state index is 11.5. The van der Waals surface area contributed by atoms with E-state index in [2.05, 4.69) is 29.8 Å². The number of unbranched alkanes of at least 4 members (excludes halogenated alkanes) is 1. The molecule has 78 valence electrons. The summed E-state index contributed by atoms with van der Waals surface area (Å²) in [5.74, 6) is 0.833. The third-order valence-electron chi connectivity index (χ3n) is 1.84. The standard InChI is InChI=1S/C10H20BrNO/c1-9(2)8-12(3)10(13)6-4-5-7-11/h9H,4-8H2,1-3H3. The van der Waals surface area contributed by atoms with Crippen molar-refractivity contribution in [3.05, 3.63) is 0 Å². The Labute approximate surface area is 89.8 Å². The number of amides is 1. The number of nitrogens with zero attached hydrogens (tertiary/aromatic N) is 1. The molecular formula is C10H20BrNO. The van der Waals surface area contributed by atoms with Gasteiger partial charge < -0.3 is 4.90 Å². The molecule has 2 nitrogen and oxygen atoms in total. The zero-order valence-corrected chi connectivity index (χ0v) is 10.4. The number of carbonyl (C=O) groups is 1. The minimum Gasteiger partial charge on any atom is -0.346 e. The highest BCUT2D eigenvalue weighted by Crippen LogP contribution is 2.03. The summed E-state index contributed by atoms with van der Waals surface area (Å²) in [7, 11) is 1.89. The second-order valence-corrected chi connectivity index (χ2v) is 4.61. The molecule has 0 saturated heterocycles. The lowest BCUT2D eigenvalue weighted by Gasteiger charge is -2.19. The summed E-state index contributed by atoms with van der Waals surface area (Å²) >= 11 is 3.35. The third kappa shape index (κ3) is 7.05. The van der Waals surface area contributed by atoms with Crippen molar-refractivity contribution in [1.29, 1.82) is 0 Å². The van der Waals surface area contributed by atoms with E-state index in [4.69, 9.17) is 0 Å². The van der Waals surface area contributed by atoms with Crippen LogP contribution in [0.25, 0.3) is 0 Å². The average molecular weight is 250 g/mol. The van der Waals surface area contributed by atoms with Crippen LogP contribution in [0.1, 0.15) is 33.1 Å². The van der Waals surface area contributed by atoms with Crippen molar-refractivity contribution in [2.45, 2.75) is 33.1 Å². The summed E-state index contributed by atoms with van der Waals surface area (Å²) in [5.41, 5.74) is 0. The van der Waals surface area contributed by atoms with E-state index >= 15 is 0 Å². The molecule has 0 rings (SSSR count). The molecule has 0 radical (unpaired) electrons.